The van der Waals surface area contributed by atoms with Crippen LogP contribution in [-0.4, -0.2) is 26.5 Å². The van der Waals surface area contributed by atoms with Gasteiger partial charge in [-0.15, -0.1) is 0 Å². The number of aromatic nitrogens is 3. The van der Waals surface area contributed by atoms with Gasteiger partial charge in [-0.3, -0.25) is 0 Å². The molecule has 1 amide bonds. The first-order chi connectivity index (χ1) is 7.28. The number of hydrogen-bond donors (Lipinski definition) is 1. The molecule has 0 radical (unpaired) electrons. The third-order valence-electron chi connectivity index (χ3n) is 1.54. The zero-order chi connectivity index (χ0) is 12.3. The van der Waals surface area contributed by atoms with Gasteiger partial charge in [0, 0.05) is 7.05 Å². The summed E-state index contributed by atoms with van der Waals surface area (Å²) >= 11 is 3.22. The molecule has 0 spiro atoms. The van der Waals surface area contributed by atoms with Crippen LogP contribution in [0.2, 0.25) is 0 Å². The second-order valence-electron chi connectivity index (χ2n) is 4.28. The second kappa shape index (κ2) is 4.82. The fourth-order valence-corrected chi connectivity index (χ4v) is 1.24. The number of rotatable bonds is 2. The summed E-state index contributed by atoms with van der Waals surface area (Å²) in [4.78, 5) is 15.4. The zero-order valence-electron chi connectivity index (χ0n) is 9.74. The molecular weight excluding hydrogens is 276 g/mol. The normalized spacial score (nSPS) is 11.3. The summed E-state index contributed by atoms with van der Waals surface area (Å²) < 4.78 is 7.27. The fraction of sp³-hybridized carbons (Fsp3) is 0.667. The third-order valence-corrected chi connectivity index (χ3v) is 2.23. The van der Waals surface area contributed by atoms with Gasteiger partial charge >= 0.3 is 6.09 Å². The monoisotopic (exact) mass is 290 g/mol. The minimum absolute atomic E-state index is 0.244. The summed E-state index contributed by atoms with van der Waals surface area (Å²) in [5.74, 6) is 0.528. The quantitative estimate of drug-likeness (QED) is 0.898. The van der Waals surface area contributed by atoms with Gasteiger partial charge in [0.05, 0.1) is 6.54 Å². The van der Waals surface area contributed by atoms with Crippen molar-refractivity contribution in [2.24, 2.45) is 7.05 Å². The van der Waals surface area contributed by atoms with E-state index in [9.17, 15) is 4.79 Å². The van der Waals surface area contributed by atoms with Gasteiger partial charge in [0.2, 0.25) is 0 Å². The summed E-state index contributed by atoms with van der Waals surface area (Å²) in [7, 11) is 1.76. The van der Waals surface area contributed by atoms with Gasteiger partial charge in [-0.25, -0.2) is 14.5 Å². The van der Waals surface area contributed by atoms with Crippen LogP contribution in [0.1, 0.15) is 26.6 Å². The van der Waals surface area contributed by atoms with Crippen molar-refractivity contribution >= 4 is 22.0 Å². The van der Waals surface area contributed by atoms with Crippen molar-refractivity contribution in [1.29, 1.82) is 0 Å². The maximum absolute atomic E-state index is 11.3. The molecule has 7 heteroatoms. The molecule has 0 atom stereocenters. The Kier molecular flexibility index (Phi) is 3.90. The van der Waals surface area contributed by atoms with E-state index >= 15 is 0 Å². The highest BCUT2D eigenvalue weighted by Gasteiger charge is 2.16. The summed E-state index contributed by atoms with van der Waals surface area (Å²) in [6.07, 6.45) is -0.476. The fourth-order valence-electron chi connectivity index (χ4n) is 0.956. The molecule has 0 aliphatic carbocycles. The lowest BCUT2D eigenvalue weighted by molar-refractivity contribution is 0.0522. The van der Waals surface area contributed by atoms with E-state index in [4.69, 9.17) is 4.74 Å². The summed E-state index contributed by atoms with van der Waals surface area (Å²) in [6.45, 7) is 5.67. The average molecular weight is 291 g/mol. The third kappa shape index (κ3) is 4.18. The van der Waals surface area contributed by atoms with Crippen molar-refractivity contribution in [2.45, 2.75) is 32.9 Å². The Hall–Kier alpha value is -1.11. The van der Waals surface area contributed by atoms with Crippen LogP contribution in [0.5, 0.6) is 0 Å². The van der Waals surface area contributed by atoms with E-state index in [2.05, 4.69) is 31.3 Å². The number of ether oxygens (including phenoxy) is 1. The van der Waals surface area contributed by atoms with Gasteiger partial charge in [0.25, 0.3) is 0 Å². The van der Waals surface area contributed by atoms with E-state index in [0.29, 0.717) is 10.6 Å². The molecule has 0 aliphatic heterocycles. The van der Waals surface area contributed by atoms with Crippen molar-refractivity contribution in [3.63, 3.8) is 0 Å². The van der Waals surface area contributed by atoms with Gasteiger partial charge in [-0.1, -0.05) is 0 Å². The largest absolute Gasteiger partial charge is 0.444 e. The zero-order valence-corrected chi connectivity index (χ0v) is 11.3. The van der Waals surface area contributed by atoms with Gasteiger partial charge in [-0.2, -0.15) is 5.10 Å². The maximum atomic E-state index is 11.3. The average Bonchev–Trinajstić information content (AvgIpc) is 2.40. The first-order valence-electron chi connectivity index (χ1n) is 4.80. The number of nitrogens with zero attached hydrogens (tertiary/aromatic N) is 3. The van der Waals surface area contributed by atoms with Crippen LogP contribution in [0.25, 0.3) is 0 Å². The SMILES string of the molecule is Cn1nc(CNC(=O)OC(C)(C)C)nc1Br. The standard InChI is InChI=1S/C9H15BrN4O2/c1-9(2,3)16-8(15)11-5-6-12-7(10)14(4)13-6/h5H2,1-4H3,(H,11,15). The highest BCUT2D eigenvalue weighted by atomic mass is 79.9. The molecule has 0 saturated heterocycles. The smallest absolute Gasteiger partial charge is 0.408 e. The lowest BCUT2D eigenvalue weighted by atomic mass is 10.2. The number of aryl methyl sites for hydroxylation is 1. The minimum Gasteiger partial charge on any atom is -0.444 e. The van der Waals surface area contributed by atoms with Crippen LogP contribution >= 0.6 is 15.9 Å². The summed E-state index contributed by atoms with van der Waals surface area (Å²) in [5, 5.41) is 6.64. The molecule has 0 fully saturated rings. The maximum Gasteiger partial charge on any atom is 0.408 e. The van der Waals surface area contributed by atoms with Crippen LogP contribution in [0.4, 0.5) is 4.79 Å². The molecule has 0 aliphatic rings. The topological polar surface area (TPSA) is 69.0 Å². The van der Waals surface area contributed by atoms with Crippen LogP contribution in [0.3, 0.4) is 0 Å². The van der Waals surface area contributed by atoms with E-state index in [1.807, 2.05) is 20.8 Å². The molecule has 6 nitrogen and oxygen atoms in total. The first kappa shape index (κ1) is 13.0. The van der Waals surface area contributed by atoms with Crippen molar-refractivity contribution in [3.05, 3.63) is 10.6 Å². The Labute approximate surface area is 103 Å². The highest BCUT2D eigenvalue weighted by molar-refractivity contribution is 9.10. The van der Waals surface area contributed by atoms with Gasteiger partial charge in [-0.05, 0) is 36.7 Å². The molecule has 1 N–H and O–H groups in total. The lowest BCUT2D eigenvalue weighted by Gasteiger charge is -2.19. The molecule has 1 heterocycles. The number of hydrogen-bond acceptors (Lipinski definition) is 4. The molecule has 1 rings (SSSR count). The van der Waals surface area contributed by atoms with E-state index in [-0.39, 0.29) is 6.54 Å². The number of amides is 1. The van der Waals surface area contributed by atoms with Crippen molar-refractivity contribution < 1.29 is 9.53 Å². The van der Waals surface area contributed by atoms with E-state index in [1.54, 1.807) is 11.7 Å². The lowest BCUT2D eigenvalue weighted by Crippen LogP contribution is -2.32. The molecule has 1 aromatic rings. The van der Waals surface area contributed by atoms with E-state index in [0.717, 1.165) is 0 Å². The molecule has 0 bridgehead atoms. The van der Waals surface area contributed by atoms with Gasteiger partial charge < -0.3 is 10.1 Å². The predicted molar refractivity (Wildman–Crippen MR) is 61.8 cm³/mol. The van der Waals surface area contributed by atoms with Crippen molar-refractivity contribution in [3.8, 4) is 0 Å². The first-order valence-corrected chi connectivity index (χ1v) is 5.59. The number of halogens is 1. The number of carbonyl (C=O) groups excluding carboxylic acids is 1. The molecule has 16 heavy (non-hydrogen) atoms. The Balaban J connectivity index is 2.43. The van der Waals surface area contributed by atoms with E-state index < -0.39 is 11.7 Å². The summed E-state index contributed by atoms with van der Waals surface area (Å²) in [6, 6.07) is 0. The van der Waals surface area contributed by atoms with Gasteiger partial charge in [0.15, 0.2) is 10.6 Å². The Morgan fingerprint density at radius 3 is 2.62 bits per heavy atom. The molecular formula is C9H15BrN4O2. The van der Waals surface area contributed by atoms with Crippen LogP contribution in [-0.2, 0) is 18.3 Å². The Bertz CT molecular complexity index is 364. The highest BCUT2D eigenvalue weighted by Crippen LogP contribution is 2.07. The van der Waals surface area contributed by atoms with Crippen LogP contribution < -0.4 is 5.32 Å². The molecule has 1 aromatic heterocycles. The van der Waals surface area contributed by atoms with Crippen LogP contribution in [0, 0.1) is 0 Å². The second-order valence-corrected chi connectivity index (χ2v) is 4.99. The van der Waals surface area contributed by atoms with Crippen molar-refractivity contribution in [2.75, 3.05) is 0 Å². The Morgan fingerprint density at radius 1 is 1.56 bits per heavy atom. The molecule has 0 saturated carbocycles. The van der Waals surface area contributed by atoms with Crippen LogP contribution in [0.15, 0.2) is 4.73 Å². The molecule has 0 aromatic carbocycles. The predicted octanol–water partition coefficient (Wildman–Crippen LogP) is 1.60. The number of alkyl carbamates (subject to hydrolysis) is 1. The Morgan fingerprint density at radius 2 is 2.19 bits per heavy atom. The van der Waals surface area contributed by atoms with Gasteiger partial charge in [0.1, 0.15) is 5.60 Å². The molecule has 0 unspecified atom stereocenters. The number of nitrogens with one attached hydrogen (secondary N) is 1. The van der Waals surface area contributed by atoms with Crippen molar-refractivity contribution in [1.82, 2.24) is 20.1 Å². The minimum atomic E-state index is -0.498. The molecule has 90 valence electrons. The van der Waals surface area contributed by atoms with E-state index in [1.165, 1.54) is 0 Å². The summed E-state index contributed by atoms with van der Waals surface area (Å²) in [5.41, 5.74) is -0.498. The number of carbonyl (C=O) groups is 1.